The zero-order chi connectivity index (χ0) is 20.1. The van der Waals surface area contributed by atoms with Gasteiger partial charge < -0.3 is 10.2 Å². The Balaban J connectivity index is 1.46. The summed E-state index contributed by atoms with van der Waals surface area (Å²) in [7, 11) is 0. The normalized spacial score (nSPS) is 14.7. The second-order valence-corrected chi connectivity index (χ2v) is 6.86. The van der Waals surface area contributed by atoms with Crippen LogP contribution in [0.3, 0.4) is 0 Å². The lowest BCUT2D eigenvalue weighted by molar-refractivity contribution is -0.384. The van der Waals surface area contributed by atoms with Crippen molar-refractivity contribution >= 4 is 28.9 Å². The Morgan fingerprint density at radius 3 is 2.54 bits per heavy atom. The third-order valence-electron chi connectivity index (χ3n) is 4.69. The van der Waals surface area contributed by atoms with E-state index in [2.05, 4.69) is 15.1 Å². The summed E-state index contributed by atoms with van der Waals surface area (Å²) in [6.45, 7) is 4.05. The van der Waals surface area contributed by atoms with Gasteiger partial charge in [-0.3, -0.25) is 19.8 Å². The number of hydrogen-bond acceptors (Lipinski definition) is 5. The lowest BCUT2D eigenvalue weighted by Crippen LogP contribution is -2.48. The Morgan fingerprint density at radius 1 is 1.18 bits per heavy atom. The molecule has 0 bridgehead atoms. The van der Waals surface area contributed by atoms with E-state index in [1.54, 1.807) is 18.2 Å². The fourth-order valence-corrected chi connectivity index (χ4v) is 3.44. The molecule has 3 rings (SSSR count). The van der Waals surface area contributed by atoms with Crippen molar-refractivity contribution in [1.29, 1.82) is 0 Å². The summed E-state index contributed by atoms with van der Waals surface area (Å²) in [6, 6.07) is 10.4. The number of nitro groups is 1. The van der Waals surface area contributed by atoms with E-state index in [0.29, 0.717) is 18.1 Å². The van der Waals surface area contributed by atoms with Crippen LogP contribution in [0.25, 0.3) is 0 Å². The van der Waals surface area contributed by atoms with Gasteiger partial charge in [0, 0.05) is 51.4 Å². The molecular formula is C19H20ClFN4O3. The van der Waals surface area contributed by atoms with Crippen molar-refractivity contribution in [2.45, 2.75) is 0 Å². The zero-order valence-electron chi connectivity index (χ0n) is 15.1. The van der Waals surface area contributed by atoms with Gasteiger partial charge in [0.25, 0.3) is 11.6 Å². The van der Waals surface area contributed by atoms with E-state index < -0.39 is 16.6 Å². The first-order valence-electron chi connectivity index (χ1n) is 8.89. The molecule has 0 atom stereocenters. The highest BCUT2D eigenvalue weighted by atomic mass is 35.5. The Kier molecular flexibility index (Phi) is 6.43. The van der Waals surface area contributed by atoms with Crippen LogP contribution in [-0.4, -0.2) is 55.0 Å². The molecule has 0 radical (unpaired) electrons. The van der Waals surface area contributed by atoms with Crippen molar-refractivity contribution in [3.05, 3.63) is 69.0 Å². The Labute approximate surface area is 166 Å². The van der Waals surface area contributed by atoms with Crippen molar-refractivity contribution in [3.63, 3.8) is 0 Å². The van der Waals surface area contributed by atoms with E-state index in [9.17, 15) is 19.3 Å². The molecule has 0 aliphatic carbocycles. The molecule has 148 valence electrons. The maximum absolute atomic E-state index is 13.6. The average molecular weight is 407 g/mol. The molecule has 7 nitrogen and oxygen atoms in total. The Hall–Kier alpha value is -2.71. The number of piperazine rings is 1. The fourth-order valence-electron chi connectivity index (χ4n) is 3.15. The van der Waals surface area contributed by atoms with Gasteiger partial charge in [-0.1, -0.05) is 23.7 Å². The van der Waals surface area contributed by atoms with Crippen LogP contribution in [0.5, 0.6) is 0 Å². The largest absolute Gasteiger partial charge is 0.368 e. The topological polar surface area (TPSA) is 78.7 Å². The summed E-state index contributed by atoms with van der Waals surface area (Å²) in [5.74, 6) is -0.956. The highest BCUT2D eigenvalue weighted by Crippen LogP contribution is 2.30. The summed E-state index contributed by atoms with van der Waals surface area (Å²) < 4.78 is 13.6. The van der Waals surface area contributed by atoms with Crippen LogP contribution in [-0.2, 0) is 0 Å². The number of halogens is 2. The molecule has 0 spiro atoms. The predicted octanol–water partition coefficient (Wildman–Crippen LogP) is 2.94. The molecule has 1 fully saturated rings. The van der Waals surface area contributed by atoms with E-state index in [-0.39, 0.29) is 11.3 Å². The molecule has 1 amide bonds. The van der Waals surface area contributed by atoms with Crippen molar-refractivity contribution in [1.82, 2.24) is 10.2 Å². The summed E-state index contributed by atoms with van der Waals surface area (Å²) >= 11 is 6.19. The van der Waals surface area contributed by atoms with Crippen LogP contribution in [0.2, 0.25) is 5.02 Å². The molecule has 2 aromatic carbocycles. The number of hydrogen-bond donors (Lipinski definition) is 1. The summed E-state index contributed by atoms with van der Waals surface area (Å²) in [4.78, 5) is 26.6. The molecule has 1 aliphatic heterocycles. The number of carbonyl (C=O) groups is 1. The average Bonchev–Trinajstić information content (AvgIpc) is 2.69. The van der Waals surface area contributed by atoms with Crippen LogP contribution in [0, 0.1) is 15.9 Å². The second kappa shape index (κ2) is 8.99. The van der Waals surface area contributed by atoms with E-state index in [0.717, 1.165) is 31.9 Å². The van der Waals surface area contributed by atoms with Gasteiger partial charge in [-0.15, -0.1) is 0 Å². The second-order valence-electron chi connectivity index (χ2n) is 6.46. The Bertz CT molecular complexity index is 872. The molecule has 2 aromatic rings. The van der Waals surface area contributed by atoms with Crippen LogP contribution in [0.1, 0.15) is 10.4 Å². The van der Waals surface area contributed by atoms with Gasteiger partial charge in [-0.25, -0.2) is 4.39 Å². The van der Waals surface area contributed by atoms with E-state index >= 15 is 0 Å². The Morgan fingerprint density at radius 2 is 1.89 bits per heavy atom. The molecule has 1 saturated heterocycles. The molecule has 28 heavy (non-hydrogen) atoms. The number of anilines is 1. The molecule has 0 unspecified atom stereocenters. The smallest absolute Gasteiger partial charge is 0.271 e. The number of benzene rings is 2. The van der Waals surface area contributed by atoms with Gasteiger partial charge in [0.15, 0.2) is 0 Å². The number of amides is 1. The first-order chi connectivity index (χ1) is 13.5. The van der Waals surface area contributed by atoms with Gasteiger partial charge in [0.2, 0.25) is 0 Å². The lowest BCUT2D eigenvalue weighted by atomic mass is 10.2. The summed E-state index contributed by atoms with van der Waals surface area (Å²) in [5, 5.41) is 13.9. The van der Waals surface area contributed by atoms with Crippen molar-refractivity contribution < 1.29 is 14.1 Å². The van der Waals surface area contributed by atoms with E-state index in [4.69, 9.17) is 11.6 Å². The van der Waals surface area contributed by atoms with Crippen LogP contribution in [0.4, 0.5) is 15.8 Å². The third-order valence-corrected chi connectivity index (χ3v) is 4.99. The van der Waals surface area contributed by atoms with Crippen LogP contribution >= 0.6 is 11.6 Å². The molecule has 1 aliphatic rings. The first kappa shape index (κ1) is 20.0. The monoisotopic (exact) mass is 406 g/mol. The van der Waals surface area contributed by atoms with E-state index in [1.807, 2.05) is 0 Å². The van der Waals surface area contributed by atoms with E-state index in [1.165, 1.54) is 24.3 Å². The first-order valence-corrected chi connectivity index (χ1v) is 9.27. The fraction of sp³-hybridized carbons (Fsp3) is 0.316. The standard InChI is InChI=1S/C19H20ClFN4O3/c20-16-13-14(25(27)28)5-6-18(16)24-11-9-23(10-12-24)8-7-22-19(26)15-3-1-2-4-17(15)21/h1-6,13H,7-12H2,(H,22,26). The maximum atomic E-state index is 13.6. The molecule has 0 saturated carbocycles. The molecule has 0 aromatic heterocycles. The minimum Gasteiger partial charge on any atom is -0.368 e. The lowest BCUT2D eigenvalue weighted by Gasteiger charge is -2.36. The van der Waals surface area contributed by atoms with Gasteiger partial charge in [-0.2, -0.15) is 0 Å². The van der Waals surface area contributed by atoms with Crippen LogP contribution < -0.4 is 10.2 Å². The number of rotatable bonds is 6. The molecule has 9 heteroatoms. The van der Waals surface area contributed by atoms with Gasteiger partial charge in [-0.05, 0) is 18.2 Å². The number of nitro benzene ring substituents is 1. The number of carbonyl (C=O) groups excluding carboxylic acids is 1. The van der Waals surface area contributed by atoms with Crippen molar-refractivity contribution in [3.8, 4) is 0 Å². The number of non-ortho nitro benzene ring substituents is 1. The quantitative estimate of drug-likeness (QED) is 0.589. The van der Waals surface area contributed by atoms with Gasteiger partial charge >= 0.3 is 0 Å². The van der Waals surface area contributed by atoms with Crippen molar-refractivity contribution in [2.75, 3.05) is 44.2 Å². The molecular weight excluding hydrogens is 387 g/mol. The number of nitrogens with one attached hydrogen (secondary N) is 1. The number of nitrogens with zero attached hydrogens (tertiary/aromatic N) is 3. The SMILES string of the molecule is O=C(NCCN1CCN(c2ccc([N+](=O)[O-])cc2Cl)CC1)c1ccccc1F. The third kappa shape index (κ3) is 4.76. The summed E-state index contributed by atoms with van der Waals surface area (Å²) in [5.41, 5.74) is 0.790. The maximum Gasteiger partial charge on any atom is 0.271 e. The van der Waals surface area contributed by atoms with Crippen molar-refractivity contribution in [2.24, 2.45) is 0 Å². The highest BCUT2D eigenvalue weighted by Gasteiger charge is 2.20. The molecule has 1 heterocycles. The van der Waals surface area contributed by atoms with Crippen LogP contribution in [0.15, 0.2) is 42.5 Å². The minimum atomic E-state index is -0.534. The highest BCUT2D eigenvalue weighted by molar-refractivity contribution is 6.33. The van der Waals surface area contributed by atoms with Gasteiger partial charge in [0.1, 0.15) is 5.82 Å². The predicted molar refractivity (Wildman–Crippen MR) is 105 cm³/mol. The minimum absolute atomic E-state index is 0.0296. The summed E-state index contributed by atoms with van der Waals surface area (Å²) in [6.07, 6.45) is 0. The molecule has 1 N–H and O–H groups in total. The van der Waals surface area contributed by atoms with Gasteiger partial charge in [0.05, 0.1) is 21.2 Å². The zero-order valence-corrected chi connectivity index (χ0v) is 15.9.